The van der Waals surface area contributed by atoms with Crippen LogP contribution in [-0.2, 0) is 0 Å². The van der Waals surface area contributed by atoms with Crippen LogP contribution in [0.1, 0.15) is 30.9 Å². The van der Waals surface area contributed by atoms with Crippen LogP contribution in [0.15, 0.2) is 36.5 Å². The number of ether oxygens (including phenoxy) is 1. The second-order valence-corrected chi connectivity index (χ2v) is 4.89. The first-order valence-electron chi connectivity index (χ1n) is 6.36. The molecule has 2 aromatic rings. The Hall–Kier alpha value is -2.43. The lowest BCUT2D eigenvalue weighted by Gasteiger charge is -2.11. The van der Waals surface area contributed by atoms with Crippen molar-refractivity contribution in [3.8, 4) is 11.6 Å². The fourth-order valence-electron chi connectivity index (χ4n) is 2.02. The molecule has 2 rings (SSSR count). The van der Waals surface area contributed by atoms with E-state index in [9.17, 15) is 10.1 Å². The summed E-state index contributed by atoms with van der Waals surface area (Å²) in [5, 5.41) is 10.5. The largest absolute Gasteiger partial charge is 0.439 e. The maximum atomic E-state index is 10.5. The molecule has 0 amide bonds. The van der Waals surface area contributed by atoms with Gasteiger partial charge in [-0.3, -0.25) is 10.1 Å². The van der Waals surface area contributed by atoms with Crippen LogP contribution in [0.5, 0.6) is 11.6 Å². The molecule has 1 aromatic carbocycles. The lowest BCUT2D eigenvalue weighted by Crippen LogP contribution is -1.94. The third-order valence-corrected chi connectivity index (χ3v) is 3.02. The summed E-state index contributed by atoms with van der Waals surface area (Å²) in [5.74, 6) is 1.47. The Morgan fingerprint density at radius 3 is 2.50 bits per heavy atom. The van der Waals surface area contributed by atoms with E-state index in [2.05, 4.69) is 18.8 Å². The molecule has 1 aromatic heterocycles. The number of hydrogen-bond donors (Lipinski definition) is 0. The molecule has 1 heterocycles. The highest BCUT2D eigenvalue weighted by Gasteiger charge is 2.08. The normalized spacial score (nSPS) is 10.6. The molecule has 5 heteroatoms. The molecule has 0 saturated carbocycles. The number of nitro groups is 1. The first kappa shape index (κ1) is 14.0. The summed E-state index contributed by atoms with van der Waals surface area (Å²) in [6, 6.07) is 8.71. The highest BCUT2D eigenvalue weighted by atomic mass is 16.6. The van der Waals surface area contributed by atoms with Crippen LogP contribution in [0.3, 0.4) is 0 Å². The van der Waals surface area contributed by atoms with Gasteiger partial charge in [-0.05, 0) is 36.1 Å². The van der Waals surface area contributed by atoms with Crippen molar-refractivity contribution in [2.24, 2.45) is 0 Å². The Morgan fingerprint density at radius 2 is 2.00 bits per heavy atom. The average Bonchev–Trinajstić information content (AvgIpc) is 2.39. The van der Waals surface area contributed by atoms with Gasteiger partial charge in [0.2, 0.25) is 5.88 Å². The average molecular weight is 272 g/mol. The van der Waals surface area contributed by atoms with Crippen LogP contribution >= 0.6 is 0 Å². The maximum absolute atomic E-state index is 10.5. The topological polar surface area (TPSA) is 65.3 Å². The molecule has 0 atom stereocenters. The summed E-state index contributed by atoms with van der Waals surface area (Å²) in [6.45, 7) is 6.31. The molecule has 0 aliphatic rings. The number of nitrogens with zero attached hydrogens (tertiary/aromatic N) is 2. The number of hydrogen-bond acceptors (Lipinski definition) is 4. The van der Waals surface area contributed by atoms with Gasteiger partial charge in [0.25, 0.3) is 5.69 Å². The summed E-state index contributed by atoms with van der Waals surface area (Å²) < 4.78 is 5.59. The molecular weight excluding hydrogens is 256 g/mol. The second-order valence-electron chi connectivity index (χ2n) is 4.89. The van der Waals surface area contributed by atoms with Gasteiger partial charge in [0.1, 0.15) is 11.9 Å². The molecule has 104 valence electrons. The van der Waals surface area contributed by atoms with E-state index in [1.807, 2.05) is 25.1 Å². The van der Waals surface area contributed by atoms with Crippen molar-refractivity contribution in [1.82, 2.24) is 4.98 Å². The van der Waals surface area contributed by atoms with Crippen molar-refractivity contribution < 1.29 is 9.66 Å². The molecule has 0 saturated heterocycles. The Morgan fingerprint density at radius 1 is 1.25 bits per heavy atom. The minimum absolute atomic E-state index is 0.0521. The third kappa shape index (κ3) is 3.12. The minimum atomic E-state index is -0.488. The summed E-state index contributed by atoms with van der Waals surface area (Å²) in [7, 11) is 0. The number of pyridine rings is 1. The summed E-state index contributed by atoms with van der Waals surface area (Å²) >= 11 is 0. The molecule has 0 unspecified atom stereocenters. The van der Waals surface area contributed by atoms with Crippen LogP contribution in [0.4, 0.5) is 5.69 Å². The van der Waals surface area contributed by atoms with E-state index in [4.69, 9.17) is 4.74 Å². The minimum Gasteiger partial charge on any atom is -0.439 e. The van der Waals surface area contributed by atoms with Crippen LogP contribution < -0.4 is 4.74 Å². The van der Waals surface area contributed by atoms with Gasteiger partial charge in [0.15, 0.2) is 0 Å². The van der Waals surface area contributed by atoms with Gasteiger partial charge in [-0.1, -0.05) is 19.9 Å². The van der Waals surface area contributed by atoms with E-state index in [1.165, 1.54) is 23.9 Å². The number of rotatable bonds is 4. The van der Waals surface area contributed by atoms with Gasteiger partial charge in [0.05, 0.1) is 4.92 Å². The Labute approximate surface area is 117 Å². The van der Waals surface area contributed by atoms with Crippen LogP contribution in [0.25, 0.3) is 0 Å². The standard InChI is InChI=1S/C15H16N2O3/c1-10(2)14-6-5-13(8-11(14)3)20-15-7-4-12(9-16-15)17(18)19/h4-10H,1-3H3. The lowest BCUT2D eigenvalue weighted by atomic mass is 9.98. The monoisotopic (exact) mass is 272 g/mol. The molecule has 0 N–H and O–H groups in total. The van der Waals surface area contributed by atoms with Crippen LogP contribution in [0.2, 0.25) is 0 Å². The van der Waals surface area contributed by atoms with E-state index in [0.29, 0.717) is 17.5 Å². The van der Waals surface area contributed by atoms with Crippen LogP contribution in [0, 0.1) is 17.0 Å². The van der Waals surface area contributed by atoms with Gasteiger partial charge < -0.3 is 4.74 Å². The molecule has 0 bridgehead atoms. The van der Waals surface area contributed by atoms with Crippen molar-refractivity contribution in [3.05, 3.63) is 57.8 Å². The molecule has 0 radical (unpaired) electrons. The first-order chi connectivity index (χ1) is 9.47. The molecule has 0 aliphatic heterocycles. The summed E-state index contributed by atoms with van der Waals surface area (Å²) in [4.78, 5) is 14.0. The zero-order valence-electron chi connectivity index (χ0n) is 11.7. The fourth-order valence-corrected chi connectivity index (χ4v) is 2.02. The van der Waals surface area contributed by atoms with Crippen molar-refractivity contribution in [3.63, 3.8) is 0 Å². The van der Waals surface area contributed by atoms with Crippen molar-refractivity contribution >= 4 is 5.69 Å². The molecule has 0 fully saturated rings. The molecule has 0 aliphatic carbocycles. The van der Waals surface area contributed by atoms with E-state index >= 15 is 0 Å². The highest BCUT2D eigenvalue weighted by molar-refractivity contribution is 5.38. The Bertz CT molecular complexity index is 622. The van der Waals surface area contributed by atoms with Gasteiger partial charge >= 0.3 is 0 Å². The van der Waals surface area contributed by atoms with Crippen molar-refractivity contribution in [2.75, 3.05) is 0 Å². The van der Waals surface area contributed by atoms with Gasteiger partial charge in [-0.15, -0.1) is 0 Å². The number of benzene rings is 1. The van der Waals surface area contributed by atoms with Gasteiger partial charge in [-0.2, -0.15) is 0 Å². The molecule has 0 spiro atoms. The first-order valence-corrected chi connectivity index (χ1v) is 6.36. The third-order valence-electron chi connectivity index (χ3n) is 3.02. The van der Waals surface area contributed by atoms with E-state index < -0.39 is 4.92 Å². The van der Waals surface area contributed by atoms with Crippen molar-refractivity contribution in [1.29, 1.82) is 0 Å². The predicted octanol–water partition coefficient (Wildman–Crippen LogP) is 4.21. The van der Waals surface area contributed by atoms with Crippen LogP contribution in [-0.4, -0.2) is 9.91 Å². The SMILES string of the molecule is Cc1cc(Oc2ccc([N+](=O)[O-])cn2)ccc1C(C)C. The summed E-state index contributed by atoms with van der Waals surface area (Å²) in [6.07, 6.45) is 1.19. The lowest BCUT2D eigenvalue weighted by molar-refractivity contribution is -0.385. The molecular formula is C15H16N2O3. The van der Waals surface area contributed by atoms with Crippen molar-refractivity contribution in [2.45, 2.75) is 26.7 Å². The smallest absolute Gasteiger partial charge is 0.287 e. The predicted molar refractivity (Wildman–Crippen MR) is 76.2 cm³/mol. The van der Waals surface area contributed by atoms with Gasteiger partial charge in [-0.25, -0.2) is 4.98 Å². The Balaban J connectivity index is 2.17. The molecule has 5 nitrogen and oxygen atoms in total. The second kappa shape index (κ2) is 5.69. The highest BCUT2D eigenvalue weighted by Crippen LogP contribution is 2.26. The maximum Gasteiger partial charge on any atom is 0.287 e. The number of aryl methyl sites for hydroxylation is 1. The number of aromatic nitrogens is 1. The Kier molecular flexibility index (Phi) is 3.98. The summed E-state index contributed by atoms with van der Waals surface area (Å²) in [5.41, 5.74) is 2.37. The van der Waals surface area contributed by atoms with E-state index in [0.717, 1.165) is 5.56 Å². The van der Waals surface area contributed by atoms with Gasteiger partial charge in [0, 0.05) is 12.1 Å². The zero-order chi connectivity index (χ0) is 14.7. The molecule has 20 heavy (non-hydrogen) atoms. The van der Waals surface area contributed by atoms with E-state index in [-0.39, 0.29) is 5.69 Å². The quantitative estimate of drug-likeness (QED) is 0.617. The fraction of sp³-hybridized carbons (Fsp3) is 0.267. The van der Waals surface area contributed by atoms with E-state index in [1.54, 1.807) is 0 Å². The zero-order valence-corrected chi connectivity index (χ0v) is 11.7.